The Kier molecular flexibility index (Phi) is 7.62. The minimum atomic E-state index is -0.481. The first kappa shape index (κ1) is 14.0. The third-order valence-corrected chi connectivity index (χ3v) is 1.32. The zero-order valence-electron chi connectivity index (χ0n) is 8.26. The van der Waals surface area contributed by atoms with Gasteiger partial charge in [0.25, 0.3) is 0 Å². The molecule has 0 heterocycles. The predicted molar refractivity (Wildman–Crippen MR) is 52.6 cm³/mol. The molecular formula is C9H16N2O2. The average molecular weight is 184 g/mol. The van der Waals surface area contributed by atoms with Crippen molar-refractivity contribution in [3.05, 3.63) is 23.8 Å². The van der Waals surface area contributed by atoms with Gasteiger partial charge >= 0.3 is 0 Å². The SMILES string of the molecule is C=CC(N)=O.CC(C)=C(C)C(N)=O. The lowest BCUT2D eigenvalue weighted by atomic mass is 10.2. The molecule has 0 saturated carbocycles. The summed E-state index contributed by atoms with van der Waals surface area (Å²) in [5.74, 6) is -0.810. The van der Waals surface area contributed by atoms with Gasteiger partial charge in [0, 0.05) is 5.57 Å². The number of nitrogens with two attached hydrogens (primary N) is 2. The molecule has 13 heavy (non-hydrogen) atoms. The Morgan fingerprint density at radius 3 is 1.46 bits per heavy atom. The summed E-state index contributed by atoms with van der Waals surface area (Å²) in [5, 5.41) is 0. The van der Waals surface area contributed by atoms with Gasteiger partial charge in [0.15, 0.2) is 0 Å². The second-order valence-electron chi connectivity index (χ2n) is 2.60. The number of amides is 2. The normalized spacial score (nSPS) is 7.62. The van der Waals surface area contributed by atoms with Crippen LogP contribution in [0, 0.1) is 0 Å². The molecule has 0 aliphatic carbocycles. The molecule has 0 rings (SSSR count). The Morgan fingerprint density at radius 2 is 1.46 bits per heavy atom. The summed E-state index contributed by atoms with van der Waals surface area (Å²) in [6.45, 7) is 8.53. The molecule has 4 nitrogen and oxygen atoms in total. The summed E-state index contributed by atoms with van der Waals surface area (Å²) >= 11 is 0. The lowest BCUT2D eigenvalue weighted by Crippen LogP contribution is -2.12. The van der Waals surface area contributed by atoms with Crippen molar-refractivity contribution < 1.29 is 9.59 Å². The molecule has 0 unspecified atom stereocenters. The van der Waals surface area contributed by atoms with Crippen LogP contribution < -0.4 is 11.5 Å². The van der Waals surface area contributed by atoms with Crippen LogP contribution in [-0.4, -0.2) is 11.8 Å². The van der Waals surface area contributed by atoms with Crippen LogP contribution in [0.5, 0.6) is 0 Å². The van der Waals surface area contributed by atoms with E-state index in [4.69, 9.17) is 5.73 Å². The molecule has 4 heteroatoms. The van der Waals surface area contributed by atoms with Crippen molar-refractivity contribution in [2.75, 3.05) is 0 Å². The summed E-state index contributed by atoms with van der Waals surface area (Å²) in [6, 6.07) is 0. The smallest absolute Gasteiger partial charge is 0.244 e. The van der Waals surface area contributed by atoms with Crippen molar-refractivity contribution >= 4 is 11.8 Å². The van der Waals surface area contributed by atoms with Crippen LogP contribution in [0.1, 0.15) is 20.8 Å². The summed E-state index contributed by atoms with van der Waals surface area (Å²) in [6.07, 6.45) is 1.06. The topological polar surface area (TPSA) is 86.2 Å². The van der Waals surface area contributed by atoms with Gasteiger partial charge in [0.1, 0.15) is 0 Å². The van der Waals surface area contributed by atoms with Gasteiger partial charge in [-0.2, -0.15) is 0 Å². The lowest BCUT2D eigenvalue weighted by molar-refractivity contribution is -0.115. The van der Waals surface area contributed by atoms with Gasteiger partial charge in [-0.25, -0.2) is 0 Å². The van der Waals surface area contributed by atoms with Crippen LogP contribution in [0.2, 0.25) is 0 Å². The number of allylic oxidation sites excluding steroid dienone is 1. The largest absolute Gasteiger partial charge is 0.366 e. The van der Waals surface area contributed by atoms with Crippen molar-refractivity contribution in [3.8, 4) is 0 Å². The van der Waals surface area contributed by atoms with E-state index < -0.39 is 5.91 Å². The van der Waals surface area contributed by atoms with Crippen LogP contribution in [0.25, 0.3) is 0 Å². The standard InChI is InChI=1S/C6H11NO.C3H5NO/c1-4(2)5(3)6(7)8;1-2-3(4)5/h1-3H3,(H2,7,8);2H,1H2,(H2,4,5). The number of carbonyl (C=O) groups excluding carboxylic acids is 2. The van der Waals surface area contributed by atoms with Gasteiger partial charge in [-0.1, -0.05) is 12.2 Å². The summed E-state index contributed by atoms with van der Waals surface area (Å²) in [5.41, 5.74) is 11.1. The first-order chi connectivity index (χ1) is 5.82. The fourth-order valence-corrected chi connectivity index (χ4v) is 0.246. The zero-order valence-corrected chi connectivity index (χ0v) is 8.26. The Labute approximate surface area is 78.3 Å². The number of hydrogen-bond donors (Lipinski definition) is 2. The number of primary amides is 2. The molecule has 0 atom stereocenters. The third-order valence-electron chi connectivity index (χ3n) is 1.32. The Balaban J connectivity index is 0. The van der Waals surface area contributed by atoms with E-state index in [0.717, 1.165) is 11.6 Å². The Bertz CT molecular complexity index is 238. The van der Waals surface area contributed by atoms with Gasteiger partial charge in [0.2, 0.25) is 11.8 Å². The van der Waals surface area contributed by atoms with Gasteiger partial charge in [0.05, 0.1) is 0 Å². The van der Waals surface area contributed by atoms with E-state index in [0.29, 0.717) is 5.57 Å². The highest BCUT2D eigenvalue weighted by molar-refractivity contribution is 5.91. The van der Waals surface area contributed by atoms with Crippen LogP contribution in [0.4, 0.5) is 0 Å². The maximum absolute atomic E-state index is 10.3. The van der Waals surface area contributed by atoms with E-state index in [9.17, 15) is 9.59 Å². The Hall–Kier alpha value is -1.58. The van der Waals surface area contributed by atoms with Crippen LogP contribution in [0.15, 0.2) is 23.8 Å². The molecule has 0 bridgehead atoms. The van der Waals surface area contributed by atoms with Crippen LogP contribution >= 0.6 is 0 Å². The molecule has 4 N–H and O–H groups in total. The van der Waals surface area contributed by atoms with E-state index in [1.165, 1.54) is 0 Å². The fraction of sp³-hybridized carbons (Fsp3) is 0.333. The lowest BCUT2D eigenvalue weighted by Gasteiger charge is -1.93. The summed E-state index contributed by atoms with van der Waals surface area (Å²) < 4.78 is 0. The van der Waals surface area contributed by atoms with Gasteiger partial charge < -0.3 is 11.5 Å². The Morgan fingerprint density at radius 1 is 1.15 bits per heavy atom. The monoisotopic (exact) mass is 184 g/mol. The van der Waals surface area contributed by atoms with Gasteiger partial charge in [-0.3, -0.25) is 9.59 Å². The first-order valence-corrected chi connectivity index (χ1v) is 3.68. The molecule has 0 aromatic heterocycles. The number of carbonyl (C=O) groups is 2. The molecule has 0 radical (unpaired) electrons. The van der Waals surface area contributed by atoms with Crippen LogP contribution in [-0.2, 0) is 9.59 Å². The number of hydrogen-bond acceptors (Lipinski definition) is 2. The fourth-order valence-electron chi connectivity index (χ4n) is 0.246. The molecule has 0 aromatic rings. The van der Waals surface area contributed by atoms with E-state index in [-0.39, 0.29) is 5.91 Å². The summed E-state index contributed by atoms with van der Waals surface area (Å²) in [7, 11) is 0. The second kappa shape index (κ2) is 7.09. The first-order valence-electron chi connectivity index (χ1n) is 3.68. The van der Waals surface area contributed by atoms with E-state index in [2.05, 4.69) is 12.3 Å². The second-order valence-corrected chi connectivity index (χ2v) is 2.60. The molecule has 0 aliphatic rings. The predicted octanol–water partition coefficient (Wildman–Crippen LogP) is 0.486. The number of rotatable bonds is 2. The summed E-state index contributed by atoms with van der Waals surface area (Å²) in [4.78, 5) is 19.8. The molecule has 0 aromatic carbocycles. The van der Waals surface area contributed by atoms with Crippen molar-refractivity contribution in [1.29, 1.82) is 0 Å². The maximum Gasteiger partial charge on any atom is 0.244 e. The molecule has 0 spiro atoms. The van der Waals surface area contributed by atoms with Crippen molar-refractivity contribution in [2.45, 2.75) is 20.8 Å². The van der Waals surface area contributed by atoms with Crippen molar-refractivity contribution in [3.63, 3.8) is 0 Å². The average Bonchev–Trinajstić information content (AvgIpc) is 2.03. The minimum absolute atomic E-state index is 0.329. The molecule has 0 saturated heterocycles. The highest BCUT2D eigenvalue weighted by Gasteiger charge is 1.96. The van der Waals surface area contributed by atoms with E-state index in [1.54, 1.807) is 6.92 Å². The quantitative estimate of drug-likeness (QED) is 0.612. The molecule has 0 fully saturated rings. The highest BCUT2D eigenvalue weighted by Crippen LogP contribution is 1.98. The van der Waals surface area contributed by atoms with Crippen molar-refractivity contribution in [2.24, 2.45) is 11.5 Å². The highest BCUT2D eigenvalue weighted by atomic mass is 16.1. The molecule has 2 amide bonds. The zero-order chi connectivity index (χ0) is 11.0. The minimum Gasteiger partial charge on any atom is -0.366 e. The molecule has 74 valence electrons. The maximum atomic E-state index is 10.3. The van der Waals surface area contributed by atoms with Gasteiger partial charge in [-0.15, -0.1) is 0 Å². The van der Waals surface area contributed by atoms with E-state index in [1.807, 2.05) is 13.8 Å². The third kappa shape index (κ3) is 10.4. The molecular weight excluding hydrogens is 168 g/mol. The van der Waals surface area contributed by atoms with E-state index >= 15 is 0 Å². The molecule has 0 aliphatic heterocycles. The van der Waals surface area contributed by atoms with Gasteiger partial charge in [-0.05, 0) is 26.8 Å². The van der Waals surface area contributed by atoms with Crippen molar-refractivity contribution in [1.82, 2.24) is 0 Å². The van der Waals surface area contributed by atoms with Crippen LogP contribution in [0.3, 0.4) is 0 Å².